The number of thiocarbonyl (C=S) groups is 1. The molecule has 5 heteroatoms. The van der Waals surface area contributed by atoms with Crippen LogP contribution in [-0.4, -0.2) is 5.11 Å². The van der Waals surface area contributed by atoms with E-state index in [-0.39, 0.29) is 5.82 Å². The highest BCUT2D eigenvalue weighted by molar-refractivity contribution is 9.10. The summed E-state index contributed by atoms with van der Waals surface area (Å²) in [4.78, 5) is 0. The molecule has 0 heterocycles. The first-order valence-corrected chi connectivity index (χ1v) is 7.71. The van der Waals surface area contributed by atoms with Crippen molar-refractivity contribution in [2.75, 3.05) is 5.32 Å². The first-order valence-electron chi connectivity index (χ1n) is 6.51. The van der Waals surface area contributed by atoms with E-state index in [0.717, 1.165) is 5.69 Å². The van der Waals surface area contributed by atoms with Crippen LogP contribution < -0.4 is 10.6 Å². The maximum absolute atomic E-state index is 13.0. The Kier molecular flexibility index (Phi) is 5.31. The number of aryl methyl sites for hydroxylation is 2. The summed E-state index contributed by atoms with van der Waals surface area (Å²) in [5, 5.41) is 6.69. The van der Waals surface area contributed by atoms with Crippen molar-refractivity contribution >= 4 is 38.9 Å². The molecule has 0 radical (unpaired) electrons. The van der Waals surface area contributed by atoms with E-state index in [4.69, 9.17) is 12.2 Å². The van der Waals surface area contributed by atoms with E-state index in [0.29, 0.717) is 16.1 Å². The number of anilines is 1. The third-order valence-corrected chi connectivity index (χ3v) is 3.82. The standard InChI is InChI=1S/C16H16BrFN2S/c1-10-5-11(2)7-12(6-10)9-19-16(21)20-15-4-3-13(18)8-14(15)17/h3-8H,9H2,1-2H3,(H2,19,20,21). The Labute approximate surface area is 137 Å². The zero-order valence-corrected chi connectivity index (χ0v) is 14.2. The first-order chi connectivity index (χ1) is 9.94. The fraction of sp³-hybridized carbons (Fsp3) is 0.188. The topological polar surface area (TPSA) is 24.1 Å². The lowest BCUT2D eigenvalue weighted by molar-refractivity contribution is 0.627. The Morgan fingerprint density at radius 1 is 1.14 bits per heavy atom. The predicted octanol–water partition coefficient (Wildman–Crippen LogP) is 4.69. The van der Waals surface area contributed by atoms with E-state index in [9.17, 15) is 4.39 Å². The van der Waals surface area contributed by atoms with Crippen LogP contribution in [0.4, 0.5) is 10.1 Å². The summed E-state index contributed by atoms with van der Waals surface area (Å²) in [6, 6.07) is 10.8. The quantitative estimate of drug-likeness (QED) is 0.770. The van der Waals surface area contributed by atoms with Gasteiger partial charge in [-0.1, -0.05) is 29.3 Å². The van der Waals surface area contributed by atoms with Gasteiger partial charge < -0.3 is 10.6 Å². The van der Waals surface area contributed by atoms with E-state index in [1.807, 2.05) is 0 Å². The van der Waals surface area contributed by atoms with Gasteiger partial charge in [0.05, 0.1) is 5.69 Å². The molecule has 0 saturated carbocycles. The molecule has 0 bridgehead atoms. The Morgan fingerprint density at radius 3 is 2.43 bits per heavy atom. The van der Waals surface area contributed by atoms with Crippen molar-refractivity contribution in [2.45, 2.75) is 20.4 Å². The maximum atomic E-state index is 13.0. The molecule has 0 aliphatic carbocycles. The van der Waals surface area contributed by atoms with Gasteiger partial charge in [0.2, 0.25) is 0 Å². The van der Waals surface area contributed by atoms with E-state index >= 15 is 0 Å². The minimum absolute atomic E-state index is 0.290. The molecule has 0 atom stereocenters. The molecule has 2 aromatic rings. The van der Waals surface area contributed by atoms with Crippen molar-refractivity contribution in [1.82, 2.24) is 5.32 Å². The van der Waals surface area contributed by atoms with Crippen LogP contribution in [-0.2, 0) is 6.54 Å². The normalized spacial score (nSPS) is 10.3. The second-order valence-corrected chi connectivity index (χ2v) is 6.19. The van der Waals surface area contributed by atoms with Crippen molar-refractivity contribution in [3.8, 4) is 0 Å². The number of hydrogen-bond donors (Lipinski definition) is 2. The monoisotopic (exact) mass is 366 g/mol. The van der Waals surface area contributed by atoms with Crippen LogP contribution in [0, 0.1) is 19.7 Å². The summed E-state index contributed by atoms with van der Waals surface area (Å²) < 4.78 is 13.7. The highest BCUT2D eigenvalue weighted by atomic mass is 79.9. The van der Waals surface area contributed by atoms with Crippen LogP contribution in [0.3, 0.4) is 0 Å². The van der Waals surface area contributed by atoms with Crippen molar-refractivity contribution < 1.29 is 4.39 Å². The zero-order valence-electron chi connectivity index (χ0n) is 11.8. The van der Waals surface area contributed by atoms with Crippen LogP contribution in [0.25, 0.3) is 0 Å². The van der Waals surface area contributed by atoms with Crippen LogP contribution in [0.15, 0.2) is 40.9 Å². The summed E-state index contributed by atoms with van der Waals surface area (Å²) in [6.07, 6.45) is 0. The Bertz CT molecular complexity index is 653. The molecule has 2 rings (SSSR count). The highest BCUT2D eigenvalue weighted by Crippen LogP contribution is 2.22. The summed E-state index contributed by atoms with van der Waals surface area (Å²) in [6.45, 7) is 4.79. The van der Waals surface area contributed by atoms with Crippen LogP contribution in [0.2, 0.25) is 0 Å². The molecule has 0 aromatic heterocycles. The Hall–Kier alpha value is -1.46. The second-order valence-electron chi connectivity index (χ2n) is 4.93. The largest absolute Gasteiger partial charge is 0.358 e. The van der Waals surface area contributed by atoms with Gasteiger partial charge in [0.15, 0.2) is 5.11 Å². The lowest BCUT2D eigenvalue weighted by Crippen LogP contribution is -2.28. The predicted molar refractivity (Wildman–Crippen MR) is 93.1 cm³/mol. The molecular formula is C16H16BrFN2S. The van der Waals surface area contributed by atoms with Crippen molar-refractivity contribution in [3.05, 3.63) is 63.4 Å². The summed E-state index contributed by atoms with van der Waals surface area (Å²) in [5.74, 6) is -0.290. The minimum Gasteiger partial charge on any atom is -0.358 e. The SMILES string of the molecule is Cc1cc(C)cc(CNC(=S)Nc2ccc(F)cc2Br)c1. The van der Waals surface area contributed by atoms with Gasteiger partial charge in [-0.05, 0) is 65.8 Å². The smallest absolute Gasteiger partial charge is 0.171 e. The molecule has 0 aliphatic heterocycles. The second kappa shape index (κ2) is 7.00. The maximum Gasteiger partial charge on any atom is 0.171 e. The molecule has 110 valence electrons. The zero-order chi connectivity index (χ0) is 15.4. The van der Waals surface area contributed by atoms with Gasteiger partial charge in [0.1, 0.15) is 5.82 Å². The van der Waals surface area contributed by atoms with Gasteiger partial charge in [-0.3, -0.25) is 0 Å². The number of nitrogens with one attached hydrogen (secondary N) is 2. The van der Waals surface area contributed by atoms with E-state index in [2.05, 4.69) is 58.6 Å². The summed E-state index contributed by atoms with van der Waals surface area (Å²) in [7, 11) is 0. The van der Waals surface area contributed by atoms with Crippen molar-refractivity contribution in [2.24, 2.45) is 0 Å². The van der Waals surface area contributed by atoms with E-state index in [1.165, 1.54) is 28.8 Å². The average molecular weight is 367 g/mol. The Balaban J connectivity index is 1.95. The fourth-order valence-electron chi connectivity index (χ4n) is 2.11. The van der Waals surface area contributed by atoms with Crippen LogP contribution >= 0.6 is 28.1 Å². The number of halogens is 2. The summed E-state index contributed by atoms with van der Waals surface area (Å²) in [5.41, 5.74) is 4.36. The summed E-state index contributed by atoms with van der Waals surface area (Å²) >= 11 is 8.56. The van der Waals surface area contributed by atoms with Crippen molar-refractivity contribution in [3.63, 3.8) is 0 Å². The average Bonchev–Trinajstić information content (AvgIpc) is 2.39. The molecule has 2 aromatic carbocycles. The van der Waals surface area contributed by atoms with E-state index in [1.54, 1.807) is 6.07 Å². The van der Waals surface area contributed by atoms with E-state index < -0.39 is 0 Å². The van der Waals surface area contributed by atoms with Crippen LogP contribution in [0.5, 0.6) is 0 Å². The molecular weight excluding hydrogens is 351 g/mol. The van der Waals surface area contributed by atoms with Gasteiger partial charge in [-0.25, -0.2) is 4.39 Å². The lowest BCUT2D eigenvalue weighted by Gasteiger charge is -2.12. The first kappa shape index (κ1) is 15.9. The lowest BCUT2D eigenvalue weighted by atomic mass is 10.1. The van der Waals surface area contributed by atoms with Gasteiger partial charge in [-0.2, -0.15) is 0 Å². The molecule has 2 nitrogen and oxygen atoms in total. The highest BCUT2D eigenvalue weighted by Gasteiger charge is 2.04. The number of hydrogen-bond acceptors (Lipinski definition) is 1. The van der Waals surface area contributed by atoms with Gasteiger partial charge in [0.25, 0.3) is 0 Å². The van der Waals surface area contributed by atoms with Gasteiger partial charge in [0, 0.05) is 11.0 Å². The Morgan fingerprint density at radius 2 is 1.81 bits per heavy atom. The number of rotatable bonds is 3. The molecule has 0 fully saturated rings. The van der Waals surface area contributed by atoms with Gasteiger partial charge in [-0.15, -0.1) is 0 Å². The van der Waals surface area contributed by atoms with Crippen molar-refractivity contribution in [1.29, 1.82) is 0 Å². The molecule has 0 unspecified atom stereocenters. The minimum atomic E-state index is -0.290. The molecule has 2 N–H and O–H groups in total. The van der Waals surface area contributed by atoms with Crippen LogP contribution in [0.1, 0.15) is 16.7 Å². The molecule has 0 aliphatic rings. The molecule has 0 amide bonds. The molecule has 21 heavy (non-hydrogen) atoms. The van der Waals surface area contributed by atoms with Gasteiger partial charge >= 0.3 is 0 Å². The fourth-order valence-corrected chi connectivity index (χ4v) is 2.74. The number of benzene rings is 2. The molecule has 0 saturated heterocycles. The third-order valence-electron chi connectivity index (χ3n) is 2.91. The third kappa shape index (κ3) is 4.79. The molecule has 0 spiro atoms.